The van der Waals surface area contributed by atoms with Crippen molar-refractivity contribution in [2.24, 2.45) is 0 Å². The van der Waals surface area contributed by atoms with Gasteiger partial charge in [-0.15, -0.1) is 0 Å². The van der Waals surface area contributed by atoms with E-state index in [4.69, 9.17) is 20.3 Å². The number of anilines is 2. The molecule has 4 aromatic rings. The first-order valence-electron chi connectivity index (χ1n) is 9.04. The first-order valence-corrected chi connectivity index (χ1v) is 9.83. The zero-order valence-electron chi connectivity index (χ0n) is 17.5. The number of pyridine rings is 2. The van der Waals surface area contributed by atoms with Gasteiger partial charge in [0.1, 0.15) is 5.69 Å². The minimum absolute atomic E-state index is 0.186. The lowest BCUT2D eigenvalue weighted by Crippen LogP contribution is -2.20. The first-order chi connectivity index (χ1) is 14.6. The van der Waals surface area contributed by atoms with Gasteiger partial charge in [-0.25, -0.2) is 9.97 Å². The normalized spacial score (nSPS) is 9.97. The topological polar surface area (TPSA) is 159 Å². The number of nitrogen functional groups attached to an aromatic ring is 2. The Morgan fingerprint density at radius 1 is 0.935 bits per heavy atom. The van der Waals surface area contributed by atoms with Gasteiger partial charge in [-0.1, -0.05) is 0 Å². The second-order valence-electron chi connectivity index (χ2n) is 6.31. The number of H-pyrrole nitrogens is 1. The van der Waals surface area contributed by atoms with Crippen LogP contribution in [0.4, 0.5) is 11.4 Å². The monoisotopic (exact) mass is 490 g/mol. The van der Waals surface area contributed by atoms with Crippen LogP contribution in [-0.2, 0) is 0 Å². The maximum absolute atomic E-state index is 11.7. The molecule has 31 heavy (non-hydrogen) atoms. The minimum atomic E-state index is -0.295. The number of oxazole rings is 2. The highest BCUT2D eigenvalue weighted by atomic mass is 79.9. The standard InChI is InChI=1S/C10H11N3O2.C5H6BrNO.C5H6N2O/c1-6-10(15-7(2)12-6)13-5-3-4-8(11)9(13)14;1-3-5(6)8-4(2)7-3;6-4-2-1-3-7-5(4)8/h3-5H,11H2,1-2H3;1-2H3;1-3H,6H2,(H,7,8). The summed E-state index contributed by atoms with van der Waals surface area (Å²) in [4.78, 5) is 32.6. The van der Waals surface area contributed by atoms with Crippen molar-refractivity contribution in [1.82, 2.24) is 19.5 Å². The van der Waals surface area contributed by atoms with Gasteiger partial charge in [0, 0.05) is 26.2 Å². The van der Waals surface area contributed by atoms with Gasteiger partial charge >= 0.3 is 0 Å². The van der Waals surface area contributed by atoms with Crippen molar-refractivity contribution in [1.29, 1.82) is 0 Å². The number of aryl methyl sites for hydroxylation is 4. The molecule has 164 valence electrons. The lowest BCUT2D eigenvalue weighted by atomic mass is 10.4. The van der Waals surface area contributed by atoms with Crippen molar-refractivity contribution in [3.8, 4) is 5.88 Å². The molecule has 0 amide bonds. The molecule has 0 radical (unpaired) electrons. The molecule has 0 aliphatic heterocycles. The molecule has 5 N–H and O–H groups in total. The largest absolute Gasteiger partial charge is 0.434 e. The van der Waals surface area contributed by atoms with E-state index in [1.807, 2.05) is 13.8 Å². The molecular weight excluding hydrogens is 468 g/mol. The molecule has 0 saturated heterocycles. The molecular formula is C20H23BrN6O4. The maximum Gasteiger partial charge on any atom is 0.280 e. The molecule has 0 unspecified atom stereocenters. The molecule has 0 fully saturated rings. The van der Waals surface area contributed by atoms with Crippen LogP contribution < -0.4 is 22.6 Å². The third kappa shape index (κ3) is 6.44. The average Bonchev–Trinajstić information content (AvgIpc) is 3.20. The number of aromatic amines is 1. The van der Waals surface area contributed by atoms with Crippen LogP contribution in [0.25, 0.3) is 5.88 Å². The Morgan fingerprint density at radius 3 is 1.97 bits per heavy atom. The summed E-state index contributed by atoms with van der Waals surface area (Å²) >= 11 is 3.19. The molecule has 4 aromatic heterocycles. The number of nitrogens with zero attached hydrogens (tertiary/aromatic N) is 3. The van der Waals surface area contributed by atoms with Crippen LogP contribution in [0.3, 0.4) is 0 Å². The van der Waals surface area contributed by atoms with E-state index in [0.717, 1.165) is 10.4 Å². The van der Waals surface area contributed by atoms with Crippen LogP contribution in [0, 0.1) is 27.7 Å². The highest BCUT2D eigenvalue weighted by Gasteiger charge is 2.11. The van der Waals surface area contributed by atoms with E-state index in [1.165, 1.54) is 4.57 Å². The van der Waals surface area contributed by atoms with Crippen molar-refractivity contribution in [2.75, 3.05) is 11.5 Å². The molecule has 0 aliphatic carbocycles. The second kappa shape index (κ2) is 10.4. The van der Waals surface area contributed by atoms with Gasteiger partial charge in [-0.3, -0.25) is 14.2 Å². The lowest BCUT2D eigenvalue weighted by Gasteiger charge is -2.02. The van der Waals surface area contributed by atoms with Crippen LogP contribution in [0.2, 0.25) is 0 Å². The van der Waals surface area contributed by atoms with Crippen molar-refractivity contribution < 1.29 is 8.83 Å². The van der Waals surface area contributed by atoms with E-state index in [1.54, 1.807) is 50.5 Å². The number of rotatable bonds is 1. The summed E-state index contributed by atoms with van der Waals surface area (Å²) in [5.41, 5.74) is 12.2. The van der Waals surface area contributed by atoms with Crippen molar-refractivity contribution >= 4 is 27.3 Å². The van der Waals surface area contributed by atoms with Gasteiger partial charge in [0.05, 0.1) is 17.1 Å². The van der Waals surface area contributed by atoms with Crippen LogP contribution in [-0.4, -0.2) is 19.5 Å². The molecule has 0 aliphatic rings. The smallest absolute Gasteiger partial charge is 0.280 e. The fourth-order valence-corrected chi connectivity index (χ4v) is 2.68. The number of hydrogen-bond acceptors (Lipinski definition) is 8. The summed E-state index contributed by atoms with van der Waals surface area (Å²) < 4.78 is 12.4. The zero-order valence-corrected chi connectivity index (χ0v) is 19.1. The molecule has 10 nitrogen and oxygen atoms in total. The van der Waals surface area contributed by atoms with Crippen molar-refractivity contribution in [3.05, 3.63) is 85.2 Å². The quantitative estimate of drug-likeness (QED) is 0.366. The Bertz CT molecular complexity index is 1250. The zero-order chi connectivity index (χ0) is 23.1. The van der Waals surface area contributed by atoms with Gasteiger partial charge in [-0.2, -0.15) is 0 Å². The Kier molecular flexibility index (Phi) is 7.97. The Hall–Kier alpha value is -3.60. The summed E-state index contributed by atoms with van der Waals surface area (Å²) in [5, 5.41) is 0. The molecule has 11 heteroatoms. The fraction of sp³-hybridized carbons (Fsp3) is 0.200. The second-order valence-corrected chi connectivity index (χ2v) is 7.03. The number of nitrogens with one attached hydrogen (secondary N) is 1. The van der Waals surface area contributed by atoms with E-state index >= 15 is 0 Å². The van der Waals surface area contributed by atoms with Crippen LogP contribution in [0.1, 0.15) is 23.2 Å². The van der Waals surface area contributed by atoms with Gasteiger partial charge in [-0.05, 0) is 54.0 Å². The summed E-state index contributed by atoms with van der Waals surface area (Å²) in [6, 6.07) is 6.47. The Balaban J connectivity index is 0.000000181. The number of aromatic nitrogens is 4. The fourth-order valence-electron chi connectivity index (χ4n) is 2.36. The summed E-state index contributed by atoms with van der Waals surface area (Å²) in [6.07, 6.45) is 3.14. The SMILES string of the molecule is Cc1nc(C)c(-n2cccc(N)c2=O)o1.Cc1nc(C)c(Br)o1.Nc1ccc[nH]c1=O. The highest BCUT2D eigenvalue weighted by Crippen LogP contribution is 2.15. The Morgan fingerprint density at radius 2 is 1.55 bits per heavy atom. The van der Waals surface area contributed by atoms with Crippen LogP contribution >= 0.6 is 15.9 Å². The van der Waals surface area contributed by atoms with Gasteiger partial charge < -0.3 is 25.3 Å². The van der Waals surface area contributed by atoms with E-state index < -0.39 is 0 Å². The summed E-state index contributed by atoms with van der Waals surface area (Å²) in [6.45, 7) is 7.22. The molecule has 0 atom stereocenters. The third-order valence-electron chi connectivity index (χ3n) is 3.77. The lowest BCUT2D eigenvalue weighted by molar-refractivity contribution is 0.496. The average molecular weight is 491 g/mol. The van der Waals surface area contributed by atoms with E-state index in [0.29, 0.717) is 23.4 Å². The van der Waals surface area contributed by atoms with Crippen molar-refractivity contribution in [3.63, 3.8) is 0 Å². The molecule has 4 heterocycles. The van der Waals surface area contributed by atoms with Gasteiger partial charge in [0.15, 0.2) is 16.5 Å². The van der Waals surface area contributed by atoms with E-state index in [9.17, 15) is 9.59 Å². The third-order valence-corrected chi connectivity index (χ3v) is 4.51. The van der Waals surface area contributed by atoms with Crippen molar-refractivity contribution in [2.45, 2.75) is 27.7 Å². The Labute approximate surface area is 186 Å². The first kappa shape index (κ1) is 23.7. The molecule has 0 spiro atoms. The maximum atomic E-state index is 11.7. The number of halogens is 1. The predicted molar refractivity (Wildman–Crippen MR) is 121 cm³/mol. The summed E-state index contributed by atoms with van der Waals surface area (Å²) in [7, 11) is 0. The predicted octanol–water partition coefficient (Wildman–Crippen LogP) is 3.04. The van der Waals surface area contributed by atoms with Gasteiger partial charge in [0.25, 0.3) is 11.1 Å². The molecule has 4 rings (SSSR count). The van der Waals surface area contributed by atoms with E-state index in [2.05, 4.69) is 30.9 Å². The van der Waals surface area contributed by atoms with E-state index in [-0.39, 0.29) is 22.5 Å². The number of nitrogens with two attached hydrogens (primary N) is 2. The van der Waals surface area contributed by atoms with Crippen LogP contribution in [0.15, 0.2) is 59.8 Å². The molecule has 0 bridgehead atoms. The molecule has 0 saturated carbocycles. The van der Waals surface area contributed by atoms with Crippen LogP contribution in [0.5, 0.6) is 0 Å². The highest BCUT2D eigenvalue weighted by molar-refractivity contribution is 9.10. The minimum Gasteiger partial charge on any atom is -0.434 e. The summed E-state index contributed by atoms with van der Waals surface area (Å²) in [5.74, 6) is 1.65. The molecule has 0 aromatic carbocycles. The number of hydrogen-bond donors (Lipinski definition) is 3. The van der Waals surface area contributed by atoms with Gasteiger partial charge in [0.2, 0.25) is 5.88 Å².